The van der Waals surface area contributed by atoms with E-state index in [-0.39, 0.29) is 28.8 Å². The van der Waals surface area contributed by atoms with Crippen LogP contribution in [0.5, 0.6) is 0 Å². The molecule has 2 N–H and O–H groups in total. The van der Waals surface area contributed by atoms with Crippen LogP contribution in [0, 0.1) is 46.3 Å². The molecule has 7 aliphatic rings. The van der Waals surface area contributed by atoms with Crippen LogP contribution in [-0.4, -0.2) is 84.1 Å². The van der Waals surface area contributed by atoms with Crippen molar-refractivity contribution in [2.75, 3.05) is 13.2 Å². The van der Waals surface area contributed by atoms with Gasteiger partial charge in [-0.3, -0.25) is 9.59 Å². The molecular weight excluding hydrogens is 604 g/mol. The second kappa shape index (κ2) is 12.3. The van der Waals surface area contributed by atoms with Gasteiger partial charge in [0.05, 0.1) is 25.4 Å². The van der Waals surface area contributed by atoms with Crippen molar-refractivity contribution in [3.05, 3.63) is 11.6 Å². The van der Waals surface area contributed by atoms with Crippen LogP contribution in [0.2, 0.25) is 0 Å². The molecular formula is C37H56O10. The summed E-state index contributed by atoms with van der Waals surface area (Å²) in [6.45, 7) is 12.5. The molecule has 16 atom stereocenters. The van der Waals surface area contributed by atoms with Gasteiger partial charge in [-0.25, -0.2) is 0 Å². The maximum atomic E-state index is 12.0. The summed E-state index contributed by atoms with van der Waals surface area (Å²) < 4.78 is 36.8. The van der Waals surface area contributed by atoms with Crippen LogP contribution >= 0.6 is 0 Å². The molecule has 6 fully saturated rings. The fourth-order valence-corrected chi connectivity index (χ4v) is 11.7. The first-order valence-corrected chi connectivity index (χ1v) is 18.2. The number of fused-ring (bicyclic) bond motifs is 7. The summed E-state index contributed by atoms with van der Waals surface area (Å²) in [5.74, 6) is 1.82. The minimum Gasteiger partial charge on any atom is -0.455 e. The van der Waals surface area contributed by atoms with E-state index in [4.69, 9.17) is 28.4 Å². The number of allylic oxidation sites excluding steroid dienone is 1. The molecule has 264 valence electrons. The van der Waals surface area contributed by atoms with Crippen LogP contribution in [-0.2, 0) is 38.0 Å². The van der Waals surface area contributed by atoms with Crippen LogP contribution in [0.3, 0.4) is 0 Å². The Morgan fingerprint density at radius 2 is 1.74 bits per heavy atom. The number of aliphatic hydroxyl groups excluding tert-OH is 2. The Kier molecular flexibility index (Phi) is 8.90. The number of carbonyl (C=O) groups excluding carboxylic acids is 2. The Hall–Kier alpha value is -1.56. The van der Waals surface area contributed by atoms with Crippen LogP contribution in [0.4, 0.5) is 0 Å². The van der Waals surface area contributed by atoms with Gasteiger partial charge in [-0.1, -0.05) is 39.3 Å². The van der Waals surface area contributed by atoms with E-state index in [1.807, 2.05) is 0 Å². The van der Waals surface area contributed by atoms with E-state index < -0.39 is 49.3 Å². The number of hydrogen-bond acceptors (Lipinski definition) is 10. The van der Waals surface area contributed by atoms with Gasteiger partial charge in [0, 0.05) is 26.2 Å². The monoisotopic (exact) mass is 660 g/mol. The molecule has 3 saturated heterocycles. The maximum Gasteiger partial charge on any atom is 0.303 e. The third kappa shape index (κ3) is 5.52. The van der Waals surface area contributed by atoms with Crippen molar-refractivity contribution >= 4 is 11.9 Å². The average Bonchev–Trinajstić information content (AvgIpc) is 3.47. The molecule has 3 heterocycles. The molecule has 0 aromatic rings. The largest absolute Gasteiger partial charge is 0.455 e. The van der Waals surface area contributed by atoms with Crippen molar-refractivity contribution in [1.29, 1.82) is 0 Å². The normalized spacial score (nSPS) is 52.1. The first-order chi connectivity index (χ1) is 22.3. The topological polar surface area (TPSA) is 130 Å². The highest BCUT2D eigenvalue weighted by molar-refractivity contribution is 5.67. The lowest BCUT2D eigenvalue weighted by atomic mass is 9.47. The minimum atomic E-state index is -1.37. The van der Waals surface area contributed by atoms with E-state index >= 15 is 0 Å². The van der Waals surface area contributed by atoms with E-state index in [0.717, 1.165) is 45.1 Å². The molecule has 10 heteroatoms. The second-order valence-electron chi connectivity index (χ2n) is 16.6. The molecule has 1 spiro atoms. The molecule has 0 aromatic heterocycles. The van der Waals surface area contributed by atoms with Gasteiger partial charge in [0.2, 0.25) is 0 Å². The van der Waals surface area contributed by atoms with Gasteiger partial charge < -0.3 is 38.6 Å². The Morgan fingerprint density at radius 3 is 2.43 bits per heavy atom. The quantitative estimate of drug-likeness (QED) is 0.317. The van der Waals surface area contributed by atoms with E-state index in [9.17, 15) is 19.8 Å². The van der Waals surface area contributed by atoms with E-state index in [0.29, 0.717) is 35.5 Å². The average molecular weight is 661 g/mol. The number of rotatable bonds is 5. The molecule has 47 heavy (non-hydrogen) atoms. The third-order valence-corrected chi connectivity index (χ3v) is 14.1. The van der Waals surface area contributed by atoms with Gasteiger partial charge in [-0.05, 0) is 91.8 Å². The van der Waals surface area contributed by atoms with Gasteiger partial charge in [0.1, 0.15) is 12.2 Å². The summed E-state index contributed by atoms with van der Waals surface area (Å²) in [6, 6.07) is 0. The molecule has 3 aliphatic heterocycles. The van der Waals surface area contributed by atoms with E-state index in [2.05, 4.69) is 33.8 Å². The summed E-state index contributed by atoms with van der Waals surface area (Å²) in [5, 5.41) is 20.7. The number of hydrogen-bond donors (Lipinski definition) is 2. The van der Waals surface area contributed by atoms with Crippen molar-refractivity contribution in [2.45, 2.75) is 148 Å². The zero-order valence-electron chi connectivity index (χ0n) is 29.0. The fraction of sp³-hybridized carbons (Fsp3) is 0.892. The second-order valence-corrected chi connectivity index (χ2v) is 16.6. The van der Waals surface area contributed by atoms with Crippen molar-refractivity contribution in [2.24, 2.45) is 46.3 Å². The third-order valence-electron chi connectivity index (χ3n) is 14.1. The highest BCUT2D eigenvalue weighted by atomic mass is 16.7. The summed E-state index contributed by atoms with van der Waals surface area (Å²) in [7, 11) is 0. The van der Waals surface area contributed by atoms with Gasteiger partial charge in [0.15, 0.2) is 24.3 Å². The van der Waals surface area contributed by atoms with Gasteiger partial charge >= 0.3 is 11.9 Å². The fourth-order valence-electron chi connectivity index (χ4n) is 11.7. The van der Waals surface area contributed by atoms with Crippen molar-refractivity contribution < 1.29 is 48.2 Å². The number of carbonyl (C=O) groups is 2. The van der Waals surface area contributed by atoms with E-state index in [1.165, 1.54) is 38.7 Å². The van der Waals surface area contributed by atoms with Gasteiger partial charge in [0.25, 0.3) is 0 Å². The molecule has 0 unspecified atom stereocenters. The van der Waals surface area contributed by atoms with Crippen LogP contribution < -0.4 is 0 Å². The molecule has 10 nitrogen and oxygen atoms in total. The SMILES string of the molecule is CC(=O)O[C@H]1[C@H](O[C@H]2CC[C@@]3(C)C(=CC[C@H]4[C@@H]5C[C@@H]6O[C@]7(CC[C@@H](C)CO7)[C@@H](C)[C@@H]6[C@@]5(C)CC[C@@H]43)C2)O[C@H](CO)[C@@H](O)[C@@H]1OC(C)=O. The lowest BCUT2D eigenvalue weighted by Crippen LogP contribution is -2.62. The van der Waals surface area contributed by atoms with Crippen LogP contribution in [0.15, 0.2) is 11.6 Å². The predicted molar refractivity (Wildman–Crippen MR) is 169 cm³/mol. The highest BCUT2D eigenvalue weighted by Crippen LogP contribution is 2.70. The minimum absolute atomic E-state index is 0.0882. The lowest BCUT2D eigenvalue weighted by Gasteiger charge is -2.58. The zero-order chi connectivity index (χ0) is 33.5. The molecule has 0 bridgehead atoms. The van der Waals surface area contributed by atoms with Crippen LogP contribution in [0.25, 0.3) is 0 Å². The van der Waals surface area contributed by atoms with Crippen LogP contribution in [0.1, 0.15) is 99.3 Å². The molecule has 4 aliphatic carbocycles. The highest BCUT2D eigenvalue weighted by Gasteiger charge is 2.68. The number of esters is 2. The first-order valence-electron chi connectivity index (χ1n) is 18.2. The molecule has 7 rings (SSSR count). The molecule has 0 radical (unpaired) electrons. The lowest BCUT2D eigenvalue weighted by molar-refractivity contribution is -0.316. The number of ether oxygens (including phenoxy) is 6. The summed E-state index contributed by atoms with van der Waals surface area (Å²) in [6.07, 6.45) is 6.06. The predicted octanol–water partition coefficient (Wildman–Crippen LogP) is 4.68. The first kappa shape index (κ1) is 33.9. The Balaban J connectivity index is 1.06. The van der Waals surface area contributed by atoms with Crippen molar-refractivity contribution in [1.82, 2.24) is 0 Å². The van der Waals surface area contributed by atoms with E-state index in [1.54, 1.807) is 0 Å². The molecule has 3 saturated carbocycles. The van der Waals surface area contributed by atoms with Crippen molar-refractivity contribution in [3.63, 3.8) is 0 Å². The smallest absolute Gasteiger partial charge is 0.303 e. The Bertz CT molecular complexity index is 1240. The zero-order valence-corrected chi connectivity index (χ0v) is 29.0. The molecule has 0 aromatic carbocycles. The van der Waals surface area contributed by atoms with Crippen molar-refractivity contribution in [3.8, 4) is 0 Å². The molecule has 0 amide bonds. The van der Waals surface area contributed by atoms with Gasteiger partial charge in [-0.15, -0.1) is 0 Å². The summed E-state index contributed by atoms with van der Waals surface area (Å²) in [5.41, 5.74) is 1.78. The maximum absolute atomic E-state index is 12.0. The Labute approximate surface area is 279 Å². The number of aliphatic hydroxyl groups is 2. The Morgan fingerprint density at radius 1 is 1.00 bits per heavy atom. The van der Waals surface area contributed by atoms with Gasteiger partial charge in [-0.2, -0.15) is 0 Å². The summed E-state index contributed by atoms with van der Waals surface area (Å²) in [4.78, 5) is 23.9. The standard InChI is InChI=1S/C37H56O10/c1-19-9-14-37(42-18-19)20(2)30-28(47-37)16-27-25-8-7-23-15-24(10-12-35(23,5)26(25)11-13-36(27,30)6)45-34-33(44-22(4)40)32(43-21(3)39)31(41)29(17-38)46-34/h7,19-20,24-34,38,41H,8-18H2,1-6H3/t19-,20+,24+,25-,26+,27+,28+,29-,30+,31-,32+,33-,34-,35+,36+,37-/m1/s1. The summed E-state index contributed by atoms with van der Waals surface area (Å²) >= 11 is 0.